The molecule has 7 nitrogen and oxygen atoms in total. The van der Waals surface area contributed by atoms with Crippen LogP contribution in [0.25, 0.3) is 0 Å². The number of benzene rings is 2. The number of carbonyl (C=O) groups is 3. The van der Waals surface area contributed by atoms with Crippen LogP contribution in [0, 0.1) is 17.5 Å². The fourth-order valence-electron chi connectivity index (χ4n) is 3.40. The number of carbonyl (C=O) groups excluding carboxylic acids is 2. The molecule has 33 heavy (non-hydrogen) atoms. The zero-order chi connectivity index (χ0) is 24.1. The van der Waals surface area contributed by atoms with Gasteiger partial charge in [0.15, 0.2) is 17.0 Å². The average molecular weight is 481 g/mol. The Hall–Kier alpha value is -3.05. The van der Waals surface area contributed by atoms with Gasteiger partial charge in [0.25, 0.3) is 5.91 Å². The van der Waals surface area contributed by atoms with Gasteiger partial charge in [-0.15, -0.1) is 11.8 Å². The third-order valence-electron chi connectivity index (χ3n) is 5.11. The Balaban J connectivity index is 1.55. The standard InChI is InChI=1S/C22H22F3N3O4S/c23-16-10-18(25)17(24)8-14(16)7-15(26)9-19(29)28-5-6-33-21(28)20(30)27-11-12-1-3-13(4-2-12)22(31)32/h1-4,8,10,15,21H,5-7,9,11,26H2,(H,27,30)(H,31,32). The Bertz CT molecular complexity index is 1050. The maximum atomic E-state index is 13.8. The van der Waals surface area contributed by atoms with Crippen LogP contribution in [0.2, 0.25) is 0 Å². The van der Waals surface area contributed by atoms with Crippen LogP contribution in [0.1, 0.15) is 27.9 Å². The first-order valence-electron chi connectivity index (χ1n) is 10.1. The van der Waals surface area contributed by atoms with Crippen molar-refractivity contribution < 1.29 is 32.7 Å². The van der Waals surface area contributed by atoms with E-state index in [1.807, 2.05) is 0 Å². The molecular weight excluding hydrogens is 459 g/mol. The Morgan fingerprint density at radius 1 is 1.12 bits per heavy atom. The molecule has 2 aromatic rings. The van der Waals surface area contributed by atoms with E-state index in [1.54, 1.807) is 12.1 Å². The van der Waals surface area contributed by atoms with E-state index in [9.17, 15) is 27.6 Å². The van der Waals surface area contributed by atoms with E-state index in [2.05, 4.69) is 5.32 Å². The molecule has 1 heterocycles. The first-order valence-corrected chi connectivity index (χ1v) is 11.1. The SMILES string of the molecule is NC(CC(=O)N1CCSC1C(=O)NCc1ccc(C(=O)O)cc1)Cc1cc(F)c(F)cc1F. The van der Waals surface area contributed by atoms with Crippen LogP contribution < -0.4 is 11.1 Å². The van der Waals surface area contributed by atoms with Gasteiger partial charge in [-0.3, -0.25) is 9.59 Å². The summed E-state index contributed by atoms with van der Waals surface area (Å²) in [5.74, 6) is -4.73. The topological polar surface area (TPSA) is 113 Å². The maximum Gasteiger partial charge on any atom is 0.335 e. The minimum absolute atomic E-state index is 0.131. The summed E-state index contributed by atoms with van der Waals surface area (Å²) in [7, 11) is 0. The van der Waals surface area contributed by atoms with Crippen molar-refractivity contribution in [1.82, 2.24) is 10.2 Å². The molecule has 176 valence electrons. The summed E-state index contributed by atoms with van der Waals surface area (Å²) < 4.78 is 40.3. The van der Waals surface area contributed by atoms with Crippen molar-refractivity contribution in [1.29, 1.82) is 0 Å². The van der Waals surface area contributed by atoms with Crippen LogP contribution in [0.15, 0.2) is 36.4 Å². The summed E-state index contributed by atoms with van der Waals surface area (Å²) in [5, 5.41) is 10.9. The number of nitrogens with zero attached hydrogens (tertiary/aromatic N) is 1. The number of thioether (sulfide) groups is 1. The van der Waals surface area contributed by atoms with Crippen LogP contribution in [-0.4, -0.2) is 51.5 Å². The predicted molar refractivity (Wildman–Crippen MR) is 116 cm³/mol. The van der Waals surface area contributed by atoms with Crippen LogP contribution in [0.4, 0.5) is 13.2 Å². The van der Waals surface area contributed by atoms with E-state index in [1.165, 1.54) is 28.8 Å². The summed E-state index contributed by atoms with van der Waals surface area (Å²) >= 11 is 1.29. The molecule has 0 saturated carbocycles. The number of nitrogens with two attached hydrogens (primary N) is 1. The molecule has 0 aliphatic carbocycles. The highest BCUT2D eigenvalue weighted by molar-refractivity contribution is 8.00. The number of halogens is 3. The minimum Gasteiger partial charge on any atom is -0.478 e. The minimum atomic E-state index is -1.30. The van der Waals surface area contributed by atoms with Gasteiger partial charge in [-0.25, -0.2) is 18.0 Å². The number of amides is 2. The lowest BCUT2D eigenvalue weighted by atomic mass is 10.0. The molecule has 11 heteroatoms. The number of carboxylic acids is 1. The zero-order valence-electron chi connectivity index (χ0n) is 17.4. The van der Waals surface area contributed by atoms with Crippen molar-refractivity contribution in [2.45, 2.75) is 30.8 Å². The average Bonchev–Trinajstić information content (AvgIpc) is 3.26. The van der Waals surface area contributed by atoms with E-state index >= 15 is 0 Å². The molecule has 2 atom stereocenters. The number of hydrogen-bond acceptors (Lipinski definition) is 5. The van der Waals surface area contributed by atoms with Gasteiger partial charge in [0.2, 0.25) is 5.91 Å². The first-order chi connectivity index (χ1) is 15.7. The highest BCUT2D eigenvalue weighted by Gasteiger charge is 2.35. The van der Waals surface area contributed by atoms with Gasteiger partial charge < -0.3 is 21.1 Å². The highest BCUT2D eigenvalue weighted by Crippen LogP contribution is 2.25. The highest BCUT2D eigenvalue weighted by atomic mass is 32.2. The van der Waals surface area contributed by atoms with Crippen LogP contribution in [0.5, 0.6) is 0 Å². The second-order valence-electron chi connectivity index (χ2n) is 7.56. The first kappa shape index (κ1) is 24.6. The molecule has 1 aliphatic rings. The Morgan fingerprint density at radius 2 is 1.79 bits per heavy atom. The lowest BCUT2D eigenvalue weighted by Gasteiger charge is -2.24. The van der Waals surface area contributed by atoms with Crippen molar-refractivity contribution in [2.75, 3.05) is 12.3 Å². The quantitative estimate of drug-likeness (QED) is 0.499. The number of carboxylic acid groups (broad SMARTS) is 1. The summed E-state index contributed by atoms with van der Waals surface area (Å²) in [6.45, 7) is 0.494. The molecule has 1 fully saturated rings. The van der Waals surface area contributed by atoms with Crippen molar-refractivity contribution in [3.05, 3.63) is 70.5 Å². The predicted octanol–water partition coefficient (Wildman–Crippen LogP) is 2.28. The van der Waals surface area contributed by atoms with Gasteiger partial charge in [-0.2, -0.15) is 0 Å². The number of aromatic carboxylic acids is 1. The summed E-state index contributed by atoms with van der Waals surface area (Å²) in [5.41, 5.74) is 6.64. The van der Waals surface area contributed by atoms with Crippen molar-refractivity contribution >= 4 is 29.5 Å². The molecule has 1 aliphatic heterocycles. The number of rotatable bonds is 8. The molecular formula is C22H22F3N3O4S. The van der Waals surface area contributed by atoms with E-state index in [4.69, 9.17) is 10.8 Å². The normalized spacial score (nSPS) is 16.5. The molecule has 2 aromatic carbocycles. The molecule has 0 aromatic heterocycles. The monoisotopic (exact) mass is 481 g/mol. The van der Waals surface area contributed by atoms with Gasteiger partial charge in [0.1, 0.15) is 5.82 Å². The van der Waals surface area contributed by atoms with Crippen LogP contribution >= 0.6 is 11.8 Å². The van der Waals surface area contributed by atoms with Gasteiger partial charge >= 0.3 is 5.97 Å². The Morgan fingerprint density at radius 3 is 2.45 bits per heavy atom. The largest absolute Gasteiger partial charge is 0.478 e. The molecule has 3 rings (SSSR count). The fraction of sp³-hybridized carbons (Fsp3) is 0.318. The third kappa shape index (κ3) is 6.26. The van der Waals surface area contributed by atoms with Crippen molar-refractivity contribution in [3.8, 4) is 0 Å². The second-order valence-corrected chi connectivity index (χ2v) is 8.74. The number of hydrogen-bond donors (Lipinski definition) is 3. The van der Waals surface area contributed by atoms with Crippen LogP contribution in [-0.2, 0) is 22.6 Å². The van der Waals surface area contributed by atoms with Crippen molar-refractivity contribution in [2.24, 2.45) is 5.73 Å². The second kappa shape index (κ2) is 10.7. The summed E-state index contributed by atoms with van der Waals surface area (Å²) in [4.78, 5) is 37.6. The van der Waals surface area contributed by atoms with E-state index in [-0.39, 0.29) is 36.4 Å². The Kier molecular flexibility index (Phi) is 7.98. The molecule has 2 unspecified atom stereocenters. The van der Waals surface area contributed by atoms with Gasteiger partial charge in [0.05, 0.1) is 5.56 Å². The maximum absolute atomic E-state index is 13.8. The van der Waals surface area contributed by atoms with E-state index in [0.29, 0.717) is 23.9 Å². The van der Waals surface area contributed by atoms with Crippen LogP contribution in [0.3, 0.4) is 0 Å². The Labute approximate surface area is 192 Å². The molecule has 0 radical (unpaired) electrons. The smallest absolute Gasteiger partial charge is 0.335 e. The molecule has 4 N–H and O–H groups in total. The molecule has 2 amide bonds. The number of nitrogens with one attached hydrogen (secondary N) is 1. The molecule has 0 bridgehead atoms. The van der Waals surface area contributed by atoms with Crippen molar-refractivity contribution in [3.63, 3.8) is 0 Å². The summed E-state index contributed by atoms with van der Waals surface area (Å²) in [6, 6.07) is 6.35. The molecule has 1 saturated heterocycles. The lowest BCUT2D eigenvalue weighted by molar-refractivity contribution is -0.136. The van der Waals surface area contributed by atoms with E-state index in [0.717, 1.165) is 6.07 Å². The van der Waals surface area contributed by atoms with E-state index < -0.39 is 40.7 Å². The zero-order valence-corrected chi connectivity index (χ0v) is 18.2. The fourth-order valence-corrected chi connectivity index (χ4v) is 4.56. The molecule has 0 spiro atoms. The van der Waals surface area contributed by atoms with Gasteiger partial charge in [0, 0.05) is 37.4 Å². The van der Waals surface area contributed by atoms with Gasteiger partial charge in [-0.1, -0.05) is 12.1 Å². The van der Waals surface area contributed by atoms with Gasteiger partial charge in [-0.05, 0) is 35.7 Å². The third-order valence-corrected chi connectivity index (χ3v) is 6.31. The summed E-state index contributed by atoms with van der Waals surface area (Å²) in [6.07, 6.45) is -0.363. The lowest BCUT2D eigenvalue weighted by Crippen LogP contribution is -2.46.